The molecule has 2 aromatic rings. The molecule has 0 aromatic heterocycles. The summed E-state index contributed by atoms with van der Waals surface area (Å²) in [6.45, 7) is 0. The summed E-state index contributed by atoms with van der Waals surface area (Å²) in [4.78, 5) is 0. The minimum absolute atomic E-state index is 0.572. The normalized spacial score (nSPS) is 10.1. The largest absolute Gasteiger partial charge is 0.455 e. The molecule has 0 atom stereocenters. The summed E-state index contributed by atoms with van der Waals surface area (Å²) in [6.07, 6.45) is 0. The summed E-state index contributed by atoms with van der Waals surface area (Å²) in [7, 11) is 0. The predicted octanol–water partition coefficient (Wildman–Crippen LogP) is 4.32. The number of anilines is 1. The van der Waals surface area contributed by atoms with E-state index in [1.54, 1.807) is 18.2 Å². The number of benzene rings is 2. The van der Waals surface area contributed by atoms with E-state index in [0.717, 1.165) is 9.32 Å². The fourth-order valence-corrected chi connectivity index (χ4v) is 1.93. The van der Waals surface area contributed by atoms with Gasteiger partial charge in [-0.3, -0.25) is 0 Å². The van der Waals surface area contributed by atoms with Crippen molar-refractivity contribution >= 4 is 39.9 Å². The summed E-state index contributed by atoms with van der Waals surface area (Å²) in [5, 5.41) is 0.606. The second kappa shape index (κ2) is 4.93. The molecule has 82 valence electrons. The van der Waals surface area contributed by atoms with Crippen molar-refractivity contribution in [3.05, 3.63) is 51.1 Å². The number of ether oxygens (including phenoxy) is 1. The molecule has 16 heavy (non-hydrogen) atoms. The Bertz CT molecular complexity index is 516. The van der Waals surface area contributed by atoms with Gasteiger partial charge in [0, 0.05) is 14.7 Å². The first-order chi connectivity index (χ1) is 7.65. The fraction of sp³-hybridized carbons (Fsp3) is 0. The van der Waals surface area contributed by atoms with E-state index in [1.165, 1.54) is 0 Å². The van der Waals surface area contributed by atoms with E-state index < -0.39 is 0 Å². The van der Waals surface area contributed by atoms with Crippen LogP contribution in [0, 0.1) is 3.57 Å². The molecule has 2 nitrogen and oxygen atoms in total. The predicted molar refractivity (Wildman–Crippen MR) is 75.1 cm³/mol. The molecule has 0 aliphatic heterocycles. The Balaban J connectivity index is 2.30. The molecule has 0 bridgehead atoms. The van der Waals surface area contributed by atoms with Crippen LogP contribution in [0.1, 0.15) is 0 Å². The molecule has 0 saturated heterocycles. The standard InChI is InChI=1S/C12H9ClINO/c13-8-4-5-11(15)12(6-8)16-10-3-1-2-9(14)7-10/h1-7H,15H2. The SMILES string of the molecule is Nc1ccc(Cl)cc1Oc1cccc(I)c1. The highest BCUT2D eigenvalue weighted by Gasteiger charge is 2.03. The molecule has 0 unspecified atom stereocenters. The Kier molecular flexibility index (Phi) is 3.56. The van der Waals surface area contributed by atoms with Crippen LogP contribution in [0.2, 0.25) is 5.02 Å². The van der Waals surface area contributed by atoms with Crippen LogP contribution in [0.5, 0.6) is 11.5 Å². The van der Waals surface area contributed by atoms with Crippen LogP contribution in [0.15, 0.2) is 42.5 Å². The Hall–Kier alpha value is -0.940. The van der Waals surface area contributed by atoms with E-state index in [0.29, 0.717) is 16.5 Å². The topological polar surface area (TPSA) is 35.2 Å². The van der Waals surface area contributed by atoms with E-state index in [1.807, 2.05) is 24.3 Å². The van der Waals surface area contributed by atoms with E-state index in [-0.39, 0.29) is 0 Å². The quantitative estimate of drug-likeness (QED) is 0.650. The van der Waals surface area contributed by atoms with Gasteiger partial charge in [-0.1, -0.05) is 17.7 Å². The second-order valence-corrected chi connectivity index (χ2v) is 4.92. The van der Waals surface area contributed by atoms with Gasteiger partial charge < -0.3 is 10.5 Å². The molecular weight excluding hydrogens is 336 g/mol. The first-order valence-corrected chi connectivity index (χ1v) is 6.09. The molecule has 2 aromatic carbocycles. The second-order valence-electron chi connectivity index (χ2n) is 3.24. The molecule has 2 rings (SSSR count). The van der Waals surface area contributed by atoms with Crippen molar-refractivity contribution in [2.45, 2.75) is 0 Å². The molecule has 0 spiro atoms. The third-order valence-electron chi connectivity index (χ3n) is 2.00. The number of rotatable bonds is 2. The number of halogens is 2. The zero-order valence-electron chi connectivity index (χ0n) is 8.28. The summed E-state index contributed by atoms with van der Waals surface area (Å²) in [6, 6.07) is 12.9. The van der Waals surface area contributed by atoms with Gasteiger partial charge in [0.1, 0.15) is 5.75 Å². The molecule has 0 heterocycles. The van der Waals surface area contributed by atoms with E-state index in [9.17, 15) is 0 Å². The van der Waals surface area contributed by atoms with Crippen LogP contribution in [0.4, 0.5) is 5.69 Å². The lowest BCUT2D eigenvalue weighted by atomic mass is 10.3. The Morgan fingerprint density at radius 3 is 2.69 bits per heavy atom. The maximum Gasteiger partial charge on any atom is 0.151 e. The number of hydrogen-bond donors (Lipinski definition) is 1. The molecule has 2 N–H and O–H groups in total. The van der Waals surface area contributed by atoms with Gasteiger partial charge in [0.25, 0.3) is 0 Å². The minimum atomic E-state index is 0.572. The first kappa shape index (κ1) is 11.5. The summed E-state index contributed by atoms with van der Waals surface area (Å²) in [5.74, 6) is 1.33. The van der Waals surface area contributed by atoms with Crippen LogP contribution < -0.4 is 10.5 Å². The van der Waals surface area contributed by atoms with Crippen molar-refractivity contribution in [3.8, 4) is 11.5 Å². The third kappa shape index (κ3) is 2.80. The highest BCUT2D eigenvalue weighted by Crippen LogP contribution is 2.30. The van der Waals surface area contributed by atoms with Gasteiger partial charge in [-0.15, -0.1) is 0 Å². The summed E-state index contributed by atoms with van der Waals surface area (Å²) < 4.78 is 6.76. The van der Waals surface area contributed by atoms with Crippen LogP contribution in [0.25, 0.3) is 0 Å². The van der Waals surface area contributed by atoms with Crippen molar-refractivity contribution in [2.75, 3.05) is 5.73 Å². The maximum atomic E-state index is 5.88. The van der Waals surface area contributed by atoms with Gasteiger partial charge >= 0.3 is 0 Å². The average Bonchev–Trinajstić information content (AvgIpc) is 2.24. The lowest BCUT2D eigenvalue weighted by molar-refractivity contribution is 0.485. The Morgan fingerprint density at radius 1 is 1.12 bits per heavy atom. The lowest BCUT2D eigenvalue weighted by Crippen LogP contribution is -1.91. The van der Waals surface area contributed by atoms with Gasteiger partial charge in [0.2, 0.25) is 0 Å². The van der Waals surface area contributed by atoms with Crippen molar-refractivity contribution < 1.29 is 4.74 Å². The van der Waals surface area contributed by atoms with Gasteiger partial charge in [-0.05, 0) is 52.9 Å². The number of hydrogen-bond acceptors (Lipinski definition) is 2. The van der Waals surface area contributed by atoms with Gasteiger partial charge in [-0.2, -0.15) is 0 Å². The molecule has 0 radical (unpaired) electrons. The van der Waals surface area contributed by atoms with Crippen molar-refractivity contribution in [1.29, 1.82) is 0 Å². The van der Waals surface area contributed by atoms with Gasteiger partial charge in [0.15, 0.2) is 5.75 Å². The van der Waals surface area contributed by atoms with Crippen molar-refractivity contribution in [2.24, 2.45) is 0 Å². The van der Waals surface area contributed by atoms with Crippen LogP contribution in [-0.2, 0) is 0 Å². The van der Waals surface area contributed by atoms with E-state index >= 15 is 0 Å². The molecule has 0 amide bonds. The zero-order chi connectivity index (χ0) is 11.5. The minimum Gasteiger partial charge on any atom is -0.455 e. The number of nitrogens with two attached hydrogens (primary N) is 1. The zero-order valence-corrected chi connectivity index (χ0v) is 11.2. The van der Waals surface area contributed by atoms with Crippen LogP contribution >= 0.6 is 34.2 Å². The van der Waals surface area contributed by atoms with Crippen molar-refractivity contribution in [3.63, 3.8) is 0 Å². The molecule has 0 aliphatic carbocycles. The fourth-order valence-electron chi connectivity index (χ4n) is 1.25. The molecule has 0 fully saturated rings. The Morgan fingerprint density at radius 2 is 1.94 bits per heavy atom. The maximum absolute atomic E-state index is 5.88. The highest BCUT2D eigenvalue weighted by molar-refractivity contribution is 14.1. The van der Waals surface area contributed by atoms with Crippen LogP contribution in [0.3, 0.4) is 0 Å². The van der Waals surface area contributed by atoms with Crippen LogP contribution in [-0.4, -0.2) is 0 Å². The monoisotopic (exact) mass is 345 g/mol. The van der Waals surface area contributed by atoms with E-state index in [2.05, 4.69) is 22.6 Å². The molecule has 4 heteroatoms. The summed E-state index contributed by atoms with van der Waals surface area (Å²) in [5.41, 5.74) is 6.36. The first-order valence-electron chi connectivity index (χ1n) is 4.63. The smallest absolute Gasteiger partial charge is 0.151 e. The molecule has 0 saturated carbocycles. The van der Waals surface area contributed by atoms with E-state index in [4.69, 9.17) is 22.1 Å². The Labute approximate surface area is 113 Å². The van der Waals surface area contributed by atoms with Gasteiger partial charge in [-0.25, -0.2) is 0 Å². The van der Waals surface area contributed by atoms with Gasteiger partial charge in [0.05, 0.1) is 5.69 Å². The lowest BCUT2D eigenvalue weighted by Gasteiger charge is -2.08. The van der Waals surface area contributed by atoms with Crippen molar-refractivity contribution in [1.82, 2.24) is 0 Å². The number of nitrogen functional groups attached to an aromatic ring is 1. The molecule has 0 aliphatic rings. The average molecular weight is 346 g/mol. The highest BCUT2D eigenvalue weighted by atomic mass is 127. The third-order valence-corrected chi connectivity index (χ3v) is 2.91. The summed E-state index contributed by atoms with van der Waals surface area (Å²) >= 11 is 8.10. The molecular formula is C12H9ClINO.